The molecule has 1 saturated heterocycles. The summed E-state index contributed by atoms with van der Waals surface area (Å²) in [5, 5.41) is 1.92. The summed E-state index contributed by atoms with van der Waals surface area (Å²) in [6.07, 6.45) is -1.31. The zero-order valence-electron chi connectivity index (χ0n) is 3.52. The highest BCUT2D eigenvalue weighted by Gasteiger charge is 2.35. The molecular formula is C3H5FN2O. The third-order valence-corrected chi connectivity index (χ3v) is 0.898. The van der Waals surface area contributed by atoms with Gasteiger partial charge in [0.25, 0.3) is 0 Å². The highest BCUT2D eigenvalue weighted by Crippen LogP contribution is 2.02. The van der Waals surface area contributed by atoms with Gasteiger partial charge in [0.1, 0.15) is 6.04 Å². The maximum Gasteiger partial charge on any atom is 0.244 e. The van der Waals surface area contributed by atoms with Gasteiger partial charge in [-0.3, -0.25) is 4.79 Å². The van der Waals surface area contributed by atoms with Gasteiger partial charge in [-0.05, 0) is 0 Å². The van der Waals surface area contributed by atoms with Gasteiger partial charge in [-0.25, -0.2) is 4.39 Å². The molecule has 0 spiro atoms. The fourth-order valence-corrected chi connectivity index (χ4v) is 0.359. The summed E-state index contributed by atoms with van der Waals surface area (Å²) in [6.45, 7) is 0. The van der Waals surface area contributed by atoms with Crippen LogP contribution in [0.15, 0.2) is 0 Å². The number of rotatable bonds is 0. The Labute approximate surface area is 39.7 Å². The van der Waals surface area contributed by atoms with E-state index >= 15 is 0 Å². The lowest BCUT2D eigenvalue weighted by atomic mass is 10.1. The van der Waals surface area contributed by atoms with Gasteiger partial charge >= 0.3 is 0 Å². The third-order valence-electron chi connectivity index (χ3n) is 0.898. The summed E-state index contributed by atoms with van der Waals surface area (Å²) in [5.41, 5.74) is 4.88. The van der Waals surface area contributed by atoms with E-state index in [0.29, 0.717) is 0 Å². The number of β-lactam (4-membered cyclic amide) rings is 1. The van der Waals surface area contributed by atoms with Gasteiger partial charge < -0.3 is 11.1 Å². The molecule has 0 radical (unpaired) electrons. The lowest BCUT2D eigenvalue weighted by molar-refractivity contribution is -0.134. The van der Waals surface area contributed by atoms with Crippen molar-refractivity contribution >= 4 is 5.91 Å². The number of nitrogens with two attached hydrogens (primary N) is 1. The zero-order chi connectivity index (χ0) is 5.44. The van der Waals surface area contributed by atoms with Crippen LogP contribution < -0.4 is 11.1 Å². The number of carbonyl (C=O) groups excluding carboxylic acids is 1. The zero-order valence-corrected chi connectivity index (χ0v) is 3.52. The molecular weight excluding hydrogens is 99.0 g/mol. The van der Waals surface area contributed by atoms with Crippen molar-refractivity contribution in [2.45, 2.75) is 12.3 Å². The molecule has 0 aromatic carbocycles. The summed E-state index contributed by atoms with van der Waals surface area (Å²) in [7, 11) is 0. The Morgan fingerprint density at radius 1 is 1.86 bits per heavy atom. The molecule has 1 fully saturated rings. The number of amides is 1. The van der Waals surface area contributed by atoms with E-state index in [1.165, 1.54) is 0 Å². The number of hydrogen-bond acceptors (Lipinski definition) is 2. The monoisotopic (exact) mass is 104 g/mol. The minimum absolute atomic E-state index is 0.410. The summed E-state index contributed by atoms with van der Waals surface area (Å²) >= 11 is 0. The fourth-order valence-electron chi connectivity index (χ4n) is 0.359. The minimum Gasteiger partial charge on any atom is -0.323 e. The minimum atomic E-state index is -1.31. The molecule has 1 aliphatic rings. The van der Waals surface area contributed by atoms with Crippen LogP contribution in [0.4, 0.5) is 4.39 Å². The van der Waals surface area contributed by atoms with Crippen molar-refractivity contribution < 1.29 is 9.18 Å². The molecule has 0 bridgehead atoms. The molecule has 2 atom stereocenters. The second-order valence-electron chi connectivity index (χ2n) is 1.44. The average molecular weight is 104 g/mol. The second-order valence-corrected chi connectivity index (χ2v) is 1.44. The van der Waals surface area contributed by atoms with Crippen LogP contribution >= 0.6 is 0 Å². The lowest BCUT2D eigenvalue weighted by Crippen LogP contribution is -2.64. The molecule has 1 rings (SSSR count). The van der Waals surface area contributed by atoms with Gasteiger partial charge in [0.2, 0.25) is 5.91 Å². The topological polar surface area (TPSA) is 55.1 Å². The van der Waals surface area contributed by atoms with Crippen LogP contribution in [0.25, 0.3) is 0 Å². The normalized spacial score (nSPS) is 39.4. The quantitative estimate of drug-likeness (QED) is 0.297. The van der Waals surface area contributed by atoms with Crippen molar-refractivity contribution in [2.75, 3.05) is 0 Å². The van der Waals surface area contributed by atoms with Crippen molar-refractivity contribution in [3.63, 3.8) is 0 Å². The highest BCUT2D eigenvalue weighted by atomic mass is 19.1. The smallest absolute Gasteiger partial charge is 0.244 e. The van der Waals surface area contributed by atoms with E-state index in [-0.39, 0.29) is 0 Å². The van der Waals surface area contributed by atoms with Crippen LogP contribution in [0.1, 0.15) is 0 Å². The number of nitrogens with one attached hydrogen (secondary N) is 1. The van der Waals surface area contributed by atoms with Gasteiger partial charge in [0.15, 0.2) is 6.30 Å². The van der Waals surface area contributed by atoms with Crippen LogP contribution in [0.2, 0.25) is 0 Å². The van der Waals surface area contributed by atoms with E-state index in [1.54, 1.807) is 0 Å². The predicted molar refractivity (Wildman–Crippen MR) is 21.0 cm³/mol. The maximum absolute atomic E-state index is 11.7. The molecule has 0 aromatic rings. The molecule has 4 heteroatoms. The molecule has 3 nitrogen and oxygen atoms in total. The van der Waals surface area contributed by atoms with Gasteiger partial charge in [0, 0.05) is 0 Å². The fraction of sp³-hybridized carbons (Fsp3) is 0.667. The van der Waals surface area contributed by atoms with Crippen molar-refractivity contribution in [3.8, 4) is 0 Å². The van der Waals surface area contributed by atoms with Gasteiger partial charge in [-0.2, -0.15) is 0 Å². The van der Waals surface area contributed by atoms with E-state index in [2.05, 4.69) is 0 Å². The van der Waals surface area contributed by atoms with E-state index in [4.69, 9.17) is 5.73 Å². The van der Waals surface area contributed by atoms with E-state index in [9.17, 15) is 9.18 Å². The third kappa shape index (κ3) is 0.469. The number of alkyl halides is 1. The van der Waals surface area contributed by atoms with Crippen molar-refractivity contribution in [1.82, 2.24) is 5.32 Å². The molecule has 0 aromatic heterocycles. The Morgan fingerprint density at radius 2 is 2.43 bits per heavy atom. The molecule has 1 unspecified atom stereocenters. The lowest BCUT2D eigenvalue weighted by Gasteiger charge is -2.26. The van der Waals surface area contributed by atoms with Crippen LogP contribution in [0, 0.1) is 0 Å². The number of halogens is 1. The van der Waals surface area contributed by atoms with Gasteiger partial charge in [-0.1, -0.05) is 0 Å². The molecule has 1 amide bonds. The Kier molecular flexibility index (Phi) is 0.751. The highest BCUT2D eigenvalue weighted by molar-refractivity contribution is 5.88. The van der Waals surface area contributed by atoms with Crippen LogP contribution in [-0.4, -0.2) is 18.2 Å². The van der Waals surface area contributed by atoms with Gasteiger partial charge in [0.05, 0.1) is 0 Å². The molecule has 0 saturated carbocycles. The average Bonchev–Trinajstić information content (AvgIpc) is 1.68. The molecule has 1 aliphatic heterocycles. The molecule has 3 N–H and O–H groups in total. The van der Waals surface area contributed by atoms with E-state index in [0.717, 1.165) is 0 Å². The van der Waals surface area contributed by atoms with Gasteiger partial charge in [-0.15, -0.1) is 0 Å². The standard InChI is InChI=1S/C3H5FN2O/c4-2-1(5)3(7)6-2/h1-2H,5H2,(H,6,7)/t1-,2?/m0/s1. The first-order chi connectivity index (χ1) is 3.22. The Balaban J connectivity index is 2.43. The summed E-state index contributed by atoms with van der Waals surface area (Å²) in [6, 6.07) is -0.917. The SMILES string of the molecule is N[C@@H]1C(=O)NC1F. The maximum atomic E-state index is 11.7. The predicted octanol–water partition coefficient (Wildman–Crippen LogP) is -1.26. The second kappa shape index (κ2) is 1.16. The van der Waals surface area contributed by atoms with Crippen LogP contribution in [0.5, 0.6) is 0 Å². The first-order valence-electron chi connectivity index (χ1n) is 1.92. The van der Waals surface area contributed by atoms with E-state index in [1.807, 2.05) is 5.32 Å². The van der Waals surface area contributed by atoms with Crippen molar-refractivity contribution in [3.05, 3.63) is 0 Å². The molecule has 0 aliphatic carbocycles. The first-order valence-corrected chi connectivity index (χ1v) is 1.92. The summed E-state index contributed by atoms with van der Waals surface area (Å²) in [5.74, 6) is -0.410. The van der Waals surface area contributed by atoms with E-state index < -0.39 is 18.2 Å². The summed E-state index contributed by atoms with van der Waals surface area (Å²) in [4.78, 5) is 9.96. The van der Waals surface area contributed by atoms with Crippen molar-refractivity contribution in [1.29, 1.82) is 0 Å². The first kappa shape index (κ1) is 4.52. The number of carbonyl (C=O) groups is 1. The number of hydrogen-bond donors (Lipinski definition) is 2. The summed E-state index contributed by atoms with van der Waals surface area (Å²) < 4.78 is 11.7. The largest absolute Gasteiger partial charge is 0.323 e. The Bertz CT molecular complexity index is 105. The molecule has 1 heterocycles. The Hall–Kier alpha value is -0.640. The van der Waals surface area contributed by atoms with Crippen molar-refractivity contribution in [2.24, 2.45) is 5.73 Å². The van der Waals surface area contributed by atoms with Crippen LogP contribution in [-0.2, 0) is 4.79 Å². The molecule has 40 valence electrons. The molecule has 7 heavy (non-hydrogen) atoms. The van der Waals surface area contributed by atoms with Crippen LogP contribution in [0.3, 0.4) is 0 Å². The Morgan fingerprint density at radius 3 is 2.43 bits per heavy atom.